The normalized spacial score (nSPS) is 30.3. The molecule has 1 heterocycles. The van der Waals surface area contributed by atoms with Crippen molar-refractivity contribution in [2.75, 3.05) is 0 Å². The molecule has 1 aliphatic carbocycles. The maximum Gasteiger partial charge on any atom is 0.258 e. The number of carbonyl (C=O) groups excluding carboxylic acids is 1. The van der Waals surface area contributed by atoms with Crippen molar-refractivity contribution in [2.24, 2.45) is 5.92 Å². The second kappa shape index (κ2) is 4.82. The Bertz CT molecular complexity index is 497. The Morgan fingerprint density at radius 1 is 1.21 bits per heavy atom. The fourth-order valence-electron chi connectivity index (χ4n) is 3.43. The average Bonchev–Trinajstić information content (AvgIpc) is 2.80. The fraction of sp³-hybridized carbons (Fsp3) is 0.438. The predicted molar refractivity (Wildman–Crippen MR) is 73.5 cm³/mol. The number of rotatable bonds is 1. The summed E-state index contributed by atoms with van der Waals surface area (Å²) in [5, 5.41) is 10.0. The number of benzene rings is 1. The largest absolute Gasteiger partial charge is 0.393 e. The van der Waals surface area contributed by atoms with Gasteiger partial charge in [0.2, 0.25) is 0 Å². The Morgan fingerprint density at radius 3 is 2.68 bits per heavy atom. The molecule has 19 heavy (non-hydrogen) atoms. The van der Waals surface area contributed by atoms with Crippen LogP contribution in [0.25, 0.3) is 0 Å². The molecule has 0 bridgehead atoms. The van der Waals surface area contributed by atoms with Crippen LogP contribution in [0, 0.1) is 5.92 Å². The first-order valence-electron chi connectivity index (χ1n) is 6.93. The number of piperidine rings is 1. The number of aliphatic hydroxyl groups excluding tert-OH is 1. The second-order valence-corrected chi connectivity index (χ2v) is 5.52. The maximum absolute atomic E-state index is 12.6. The van der Waals surface area contributed by atoms with Crippen LogP contribution in [0.3, 0.4) is 0 Å². The summed E-state index contributed by atoms with van der Waals surface area (Å²) >= 11 is 0. The van der Waals surface area contributed by atoms with Gasteiger partial charge in [-0.1, -0.05) is 24.8 Å². The van der Waals surface area contributed by atoms with Gasteiger partial charge in [0, 0.05) is 23.2 Å². The first-order valence-corrected chi connectivity index (χ1v) is 6.93. The third-order valence-electron chi connectivity index (χ3n) is 4.42. The minimum atomic E-state index is -0.260. The predicted octanol–water partition coefficient (Wildman–Crippen LogP) is 2.58. The lowest BCUT2D eigenvalue weighted by atomic mass is 9.88. The first kappa shape index (κ1) is 12.4. The van der Waals surface area contributed by atoms with E-state index in [1.54, 1.807) is 0 Å². The van der Waals surface area contributed by atoms with Gasteiger partial charge in [-0.2, -0.15) is 0 Å². The van der Waals surface area contributed by atoms with Crippen LogP contribution in [0.5, 0.6) is 0 Å². The topological polar surface area (TPSA) is 40.5 Å². The van der Waals surface area contributed by atoms with E-state index >= 15 is 0 Å². The highest BCUT2D eigenvalue weighted by Gasteiger charge is 2.44. The van der Waals surface area contributed by atoms with Gasteiger partial charge in [-0.3, -0.25) is 4.79 Å². The van der Waals surface area contributed by atoms with Gasteiger partial charge < -0.3 is 10.0 Å². The van der Waals surface area contributed by atoms with Crippen molar-refractivity contribution in [3.63, 3.8) is 0 Å². The van der Waals surface area contributed by atoms with Crippen LogP contribution in [-0.2, 0) is 0 Å². The van der Waals surface area contributed by atoms with Crippen LogP contribution < -0.4 is 0 Å². The van der Waals surface area contributed by atoms with E-state index in [0.717, 1.165) is 31.4 Å². The molecule has 1 aromatic rings. The van der Waals surface area contributed by atoms with Gasteiger partial charge in [-0.15, -0.1) is 0 Å². The zero-order valence-corrected chi connectivity index (χ0v) is 11.0. The van der Waals surface area contributed by atoms with E-state index in [0.29, 0.717) is 5.56 Å². The molecule has 3 rings (SSSR count). The Balaban J connectivity index is 1.89. The molecule has 1 aromatic carbocycles. The van der Waals surface area contributed by atoms with Crippen molar-refractivity contribution in [1.82, 2.24) is 4.90 Å². The van der Waals surface area contributed by atoms with Gasteiger partial charge in [0.25, 0.3) is 5.91 Å². The van der Waals surface area contributed by atoms with Gasteiger partial charge in [0.05, 0.1) is 6.10 Å². The molecule has 1 N–H and O–H groups in total. The molecule has 0 spiro atoms. The van der Waals surface area contributed by atoms with Gasteiger partial charge in [0.15, 0.2) is 0 Å². The quantitative estimate of drug-likeness (QED) is 0.840. The van der Waals surface area contributed by atoms with E-state index in [1.807, 2.05) is 35.2 Å². The third-order valence-corrected chi connectivity index (χ3v) is 4.42. The van der Waals surface area contributed by atoms with E-state index in [-0.39, 0.29) is 24.0 Å². The Kier molecular flexibility index (Phi) is 3.15. The monoisotopic (exact) mass is 257 g/mol. The highest BCUT2D eigenvalue weighted by molar-refractivity contribution is 5.95. The van der Waals surface area contributed by atoms with Crippen LogP contribution in [0.2, 0.25) is 0 Å². The molecule has 3 unspecified atom stereocenters. The highest BCUT2D eigenvalue weighted by Crippen LogP contribution is 2.41. The summed E-state index contributed by atoms with van der Waals surface area (Å²) < 4.78 is 0. The molecule has 3 heteroatoms. The number of hydrogen-bond donors (Lipinski definition) is 1. The Hall–Kier alpha value is -1.61. The number of aliphatic hydroxyl groups is 1. The molecule has 1 saturated heterocycles. The molecule has 1 saturated carbocycles. The van der Waals surface area contributed by atoms with E-state index < -0.39 is 0 Å². The van der Waals surface area contributed by atoms with Crippen LogP contribution in [0.1, 0.15) is 36.0 Å². The summed E-state index contributed by atoms with van der Waals surface area (Å²) in [6.45, 7) is 4.05. The molecule has 0 aromatic heterocycles. The molecule has 0 radical (unpaired) electrons. The maximum atomic E-state index is 12.6. The first-order chi connectivity index (χ1) is 9.18. The van der Waals surface area contributed by atoms with Gasteiger partial charge in [0.1, 0.15) is 0 Å². The molecular formula is C16H19NO2. The summed E-state index contributed by atoms with van der Waals surface area (Å²) in [4.78, 5) is 14.5. The molecule has 3 atom stereocenters. The van der Waals surface area contributed by atoms with Crippen LogP contribution in [0.15, 0.2) is 42.6 Å². The number of nitrogens with zero attached hydrogens (tertiary/aromatic N) is 1. The Morgan fingerprint density at radius 2 is 1.95 bits per heavy atom. The lowest BCUT2D eigenvalue weighted by Gasteiger charge is -2.40. The van der Waals surface area contributed by atoms with E-state index in [4.69, 9.17) is 0 Å². The standard InChI is InChI=1S/C16H19NO2/c1-11-7-8-13-14(9-10-15(13)18)17(11)16(19)12-5-3-2-4-6-12/h2-6,13-15,18H,1,7-10H2. The average molecular weight is 257 g/mol. The number of hydrogen-bond acceptors (Lipinski definition) is 2. The second-order valence-electron chi connectivity index (χ2n) is 5.52. The summed E-state index contributed by atoms with van der Waals surface area (Å²) in [5.74, 6) is 0.243. The summed E-state index contributed by atoms with van der Waals surface area (Å²) in [5.41, 5.74) is 1.59. The minimum Gasteiger partial charge on any atom is -0.393 e. The molecule has 1 aliphatic heterocycles. The number of allylic oxidation sites excluding steroid dienone is 1. The lowest BCUT2D eigenvalue weighted by molar-refractivity contribution is 0.0512. The molecular weight excluding hydrogens is 238 g/mol. The molecule has 2 fully saturated rings. The zero-order valence-electron chi connectivity index (χ0n) is 11.0. The molecule has 100 valence electrons. The van der Waals surface area contributed by atoms with Crippen LogP contribution in [0.4, 0.5) is 0 Å². The minimum absolute atomic E-state index is 0.0226. The van der Waals surface area contributed by atoms with Crippen molar-refractivity contribution >= 4 is 5.91 Å². The highest BCUT2D eigenvalue weighted by atomic mass is 16.3. The summed E-state index contributed by atoms with van der Waals surface area (Å²) in [6.07, 6.45) is 3.16. The number of carbonyl (C=O) groups is 1. The van der Waals surface area contributed by atoms with Gasteiger partial charge >= 0.3 is 0 Å². The Labute approximate surface area is 113 Å². The fourth-order valence-corrected chi connectivity index (χ4v) is 3.43. The van der Waals surface area contributed by atoms with Crippen molar-refractivity contribution in [3.8, 4) is 0 Å². The van der Waals surface area contributed by atoms with Crippen molar-refractivity contribution in [1.29, 1.82) is 0 Å². The SMILES string of the molecule is C=C1CCC2C(O)CCC2N1C(=O)c1ccccc1. The van der Waals surface area contributed by atoms with Crippen LogP contribution in [-0.4, -0.2) is 28.1 Å². The zero-order chi connectivity index (χ0) is 13.4. The smallest absolute Gasteiger partial charge is 0.258 e. The lowest BCUT2D eigenvalue weighted by Crippen LogP contribution is -2.46. The third kappa shape index (κ3) is 2.08. The van der Waals surface area contributed by atoms with Crippen molar-refractivity contribution in [3.05, 3.63) is 48.2 Å². The number of amides is 1. The number of likely N-dealkylation sites (tertiary alicyclic amines) is 1. The van der Waals surface area contributed by atoms with Crippen LogP contribution >= 0.6 is 0 Å². The summed E-state index contributed by atoms with van der Waals surface area (Å²) in [6, 6.07) is 9.46. The van der Waals surface area contributed by atoms with Crippen molar-refractivity contribution in [2.45, 2.75) is 37.8 Å². The summed E-state index contributed by atoms with van der Waals surface area (Å²) in [7, 11) is 0. The molecule has 2 aliphatic rings. The van der Waals surface area contributed by atoms with E-state index in [9.17, 15) is 9.90 Å². The van der Waals surface area contributed by atoms with E-state index in [1.165, 1.54) is 0 Å². The van der Waals surface area contributed by atoms with E-state index in [2.05, 4.69) is 6.58 Å². The van der Waals surface area contributed by atoms with Crippen molar-refractivity contribution < 1.29 is 9.90 Å². The molecule has 3 nitrogen and oxygen atoms in total. The van der Waals surface area contributed by atoms with Gasteiger partial charge in [-0.25, -0.2) is 0 Å². The van der Waals surface area contributed by atoms with Gasteiger partial charge in [-0.05, 0) is 37.8 Å². The number of fused-ring (bicyclic) bond motifs is 1. The molecule has 1 amide bonds.